The zero-order valence-electron chi connectivity index (χ0n) is 21.7. The second-order valence-corrected chi connectivity index (χ2v) is 11.2. The Kier molecular flexibility index (Phi) is 8.78. The Morgan fingerprint density at radius 3 is 2.23 bits per heavy atom. The lowest BCUT2D eigenvalue weighted by Crippen LogP contribution is -2.49. The maximum Gasteiger partial charge on any atom is 0.256 e. The van der Waals surface area contributed by atoms with E-state index in [1.807, 2.05) is 19.1 Å². The van der Waals surface area contributed by atoms with Crippen molar-refractivity contribution in [3.8, 4) is 0 Å². The monoisotopic (exact) mass is 550 g/mol. The molecule has 0 saturated carbocycles. The maximum atomic E-state index is 14.0. The summed E-state index contributed by atoms with van der Waals surface area (Å²) in [6.45, 7) is 7.20. The fourth-order valence-electron chi connectivity index (χ4n) is 4.34. The number of aryl methyl sites for hydroxylation is 1. The minimum Gasteiger partial charge on any atom is -0.368 e. The van der Waals surface area contributed by atoms with Crippen LogP contribution in [0.4, 0.5) is 15.8 Å². The van der Waals surface area contributed by atoms with Crippen LogP contribution in [0.5, 0.6) is 0 Å². The lowest BCUT2D eigenvalue weighted by Gasteiger charge is -2.36. The van der Waals surface area contributed by atoms with Crippen LogP contribution in [-0.4, -0.2) is 68.7 Å². The Morgan fingerprint density at radius 1 is 0.974 bits per heavy atom. The number of piperazine rings is 1. The van der Waals surface area contributed by atoms with Crippen molar-refractivity contribution >= 4 is 33.2 Å². The van der Waals surface area contributed by atoms with Crippen LogP contribution in [0.3, 0.4) is 0 Å². The molecule has 3 aromatic rings. The van der Waals surface area contributed by atoms with Gasteiger partial charge in [-0.25, -0.2) is 12.8 Å². The number of hydrogen-bond acceptors (Lipinski definition) is 5. The van der Waals surface area contributed by atoms with E-state index in [0.29, 0.717) is 31.9 Å². The van der Waals surface area contributed by atoms with E-state index in [0.717, 1.165) is 15.6 Å². The van der Waals surface area contributed by atoms with Gasteiger partial charge in [0.15, 0.2) is 0 Å². The van der Waals surface area contributed by atoms with Gasteiger partial charge in [0.2, 0.25) is 15.9 Å². The molecule has 1 heterocycles. The molecule has 4 rings (SSSR count). The maximum absolute atomic E-state index is 14.0. The van der Waals surface area contributed by atoms with Gasteiger partial charge in [-0.05, 0) is 55.5 Å². The fourth-order valence-corrected chi connectivity index (χ4v) is 5.71. The number of benzene rings is 3. The Hall–Kier alpha value is -4.02. The summed E-state index contributed by atoms with van der Waals surface area (Å²) in [5, 5.41) is 2.75. The molecule has 0 spiro atoms. The van der Waals surface area contributed by atoms with E-state index >= 15 is 0 Å². The number of halogens is 1. The molecule has 0 aromatic heterocycles. The number of carbonyl (C=O) groups excluding carboxylic acids is 2. The highest BCUT2D eigenvalue weighted by atomic mass is 32.2. The van der Waals surface area contributed by atoms with Crippen molar-refractivity contribution in [2.75, 3.05) is 49.5 Å². The van der Waals surface area contributed by atoms with Crippen molar-refractivity contribution in [3.63, 3.8) is 0 Å². The fraction of sp³-hybridized carbons (Fsp3) is 0.241. The zero-order chi connectivity index (χ0) is 28.0. The first-order chi connectivity index (χ1) is 18.7. The molecule has 39 heavy (non-hydrogen) atoms. The summed E-state index contributed by atoms with van der Waals surface area (Å²) < 4.78 is 41.2. The quantitative estimate of drug-likeness (QED) is 0.408. The molecule has 1 fully saturated rings. The molecule has 8 nitrogen and oxygen atoms in total. The topological polar surface area (TPSA) is 90.0 Å². The molecule has 1 aliphatic rings. The first-order valence-corrected chi connectivity index (χ1v) is 14.0. The van der Waals surface area contributed by atoms with Gasteiger partial charge in [-0.15, -0.1) is 6.58 Å². The number of amides is 2. The van der Waals surface area contributed by atoms with Crippen molar-refractivity contribution in [1.82, 2.24) is 9.21 Å². The van der Waals surface area contributed by atoms with Gasteiger partial charge in [0, 0.05) is 44.1 Å². The van der Waals surface area contributed by atoms with E-state index in [1.165, 1.54) is 30.3 Å². The number of anilines is 2. The number of hydrogen-bond donors (Lipinski definition) is 1. The van der Waals surface area contributed by atoms with Crippen LogP contribution in [0, 0.1) is 12.7 Å². The molecule has 10 heteroatoms. The molecule has 0 aliphatic carbocycles. The molecule has 1 N–H and O–H groups in total. The average Bonchev–Trinajstić information content (AvgIpc) is 2.93. The largest absolute Gasteiger partial charge is 0.368 e. The van der Waals surface area contributed by atoms with Crippen LogP contribution in [0.2, 0.25) is 0 Å². The minimum atomic E-state index is -3.87. The van der Waals surface area contributed by atoms with E-state index in [2.05, 4.69) is 16.8 Å². The number of nitrogens with one attached hydrogen (secondary N) is 1. The standard InChI is InChI=1S/C29H31FN4O4S/c1-3-16-34(39(37,38)25-14-8-22(2)9-15-25)21-28(35)31-23-10-12-24(13-11-23)32-17-19-33(20-18-32)29(36)26-6-4-5-7-27(26)30/h3-15H,1,16-21H2,2H3,(H,31,35). The third kappa shape index (κ3) is 6.71. The van der Waals surface area contributed by atoms with Crippen LogP contribution in [0.15, 0.2) is 90.3 Å². The molecule has 0 bridgehead atoms. The van der Waals surface area contributed by atoms with Gasteiger partial charge in [0.05, 0.1) is 17.0 Å². The van der Waals surface area contributed by atoms with Crippen LogP contribution in [0.1, 0.15) is 15.9 Å². The molecule has 1 saturated heterocycles. The van der Waals surface area contributed by atoms with Gasteiger partial charge in [-0.2, -0.15) is 4.31 Å². The zero-order valence-corrected chi connectivity index (χ0v) is 22.5. The van der Waals surface area contributed by atoms with E-state index in [9.17, 15) is 22.4 Å². The van der Waals surface area contributed by atoms with Crippen molar-refractivity contribution in [3.05, 3.63) is 102 Å². The highest BCUT2D eigenvalue weighted by Gasteiger charge is 2.26. The molecule has 0 atom stereocenters. The minimum absolute atomic E-state index is 0.00599. The summed E-state index contributed by atoms with van der Waals surface area (Å²) in [5.41, 5.74) is 2.46. The Labute approximate surface area is 228 Å². The third-order valence-corrected chi connectivity index (χ3v) is 8.32. The van der Waals surface area contributed by atoms with Crippen LogP contribution < -0.4 is 10.2 Å². The predicted octanol–water partition coefficient (Wildman–Crippen LogP) is 3.91. The molecular formula is C29H31FN4O4S. The molecular weight excluding hydrogens is 519 g/mol. The number of rotatable bonds is 9. The number of carbonyl (C=O) groups is 2. The third-order valence-electron chi connectivity index (χ3n) is 6.50. The molecule has 3 aromatic carbocycles. The lowest BCUT2D eigenvalue weighted by atomic mass is 10.1. The average molecular weight is 551 g/mol. The van der Waals surface area contributed by atoms with Crippen molar-refractivity contribution < 1.29 is 22.4 Å². The van der Waals surface area contributed by atoms with Gasteiger partial charge < -0.3 is 15.1 Å². The van der Waals surface area contributed by atoms with E-state index in [-0.39, 0.29) is 29.5 Å². The summed E-state index contributed by atoms with van der Waals surface area (Å²) in [4.78, 5) is 29.3. The van der Waals surface area contributed by atoms with Gasteiger partial charge in [0.25, 0.3) is 5.91 Å². The summed E-state index contributed by atoms with van der Waals surface area (Å²) in [7, 11) is -3.87. The molecule has 2 amide bonds. The van der Waals surface area contributed by atoms with E-state index in [1.54, 1.807) is 41.3 Å². The highest BCUT2D eigenvalue weighted by Crippen LogP contribution is 2.21. The first-order valence-electron chi connectivity index (χ1n) is 12.6. The van der Waals surface area contributed by atoms with Gasteiger partial charge in [-0.3, -0.25) is 9.59 Å². The summed E-state index contributed by atoms with van der Waals surface area (Å²) in [5.74, 6) is -1.32. The number of sulfonamides is 1. The normalized spacial score (nSPS) is 13.8. The van der Waals surface area contributed by atoms with Crippen LogP contribution in [-0.2, 0) is 14.8 Å². The Bertz CT molecular complexity index is 1430. The lowest BCUT2D eigenvalue weighted by molar-refractivity contribution is -0.116. The SMILES string of the molecule is C=CCN(CC(=O)Nc1ccc(N2CCN(C(=O)c3ccccc3F)CC2)cc1)S(=O)(=O)c1ccc(C)cc1. The summed E-state index contributed by atoms with van der Waals surface area (Å²) >= 11 is 0. The summed E-state index contributed by atoms with van der Waals surface area (Å²) in [6.07, 6.45) is 1.44. The van der Waals surface area contributed by atoms with Gasteiger partial charge in [0.1, 0.15) is 5.82 Å². The second kappa shape index (κ2) is 12.2. The van der Waals surface area contributed by atoms with Gasteiger partial charge >= 0.3 is 0 Å². The highest BCUT2D eigenvalue weighted by molar-refractivity contribution is 7.89. The smallest absolute Gasteiger partial charge is 0.256 e. The van der Waals surface area contributed by atoms with E-state index in [4.69, 9.17) is 0 Å². The molecule has 0 radical (unpaired) electrons. The van der Waals surface area contributed by atoms with Gasteiger partial charge in [-0.1, -0.05) is 35.9 Å². The summed E-state index contributed by atoms with van der Waals surface area (Å²) in [6, 6.07) is 19.6. The molecule has 1 aliphatic heterocycles. The number of nitrogens with zero attached hydrogens (tertiary/aromatic N) is 3. The predicted molar refractivity (Wildman–Crippen MR) is 150 cm³/mol. The van der Waals surface area contributed by atoms with Crippen molar-refractivity contribution in [2.45, 2.75) is 11.8 Å². The van der Waals surface area contributed by atoms with Crippen LogP contribution in [0.25, 0.3) is 0 Å². The van der Waals surface area contributed by atoms with Crippen LogP contribution >= 0.6 is 0 Å². The Morgan fingerprint density at radius 2 is 1.62 bits per heavy atom. The van der Waals surface area contributed by atoms with Crippen molar-refractivity contribution in [2.24, 2.45) is 0 Å². The molecule has 204 valence electrons. The first kappa shape index (κ1) is 28.0. The molecule has 0 unspecified atom stereocenters. The Balaban J connectivity index is 1.33. The second-order valence-electron chi connectivity index (χ2n) is 9.25. The van der Waals surface area contributed by atoms with E-state index < -0.39 is 21.7 Å². The van der Waals surface area contributed by atoms with Crippen molar-refractivity contribution in [1.29, 1.82) is 0 Å².